The maximum absolute atomic E-state index is 12.5. The summed E-state index contributed by atoms with van der Waals surface area (Å²) in [6, 6.07) is 3.63. The molecule has 2 aliphatic heterocycles. The van der Waals surface area contributed by atoms with Crippen LogP contribution in [0.3, 0.4) is 0 Å². The molecule has 1 unspecified atom stereocenters. The van der Waals surface area contributed by atoms with Crippen LogP contribution in [0.25, 0.3) is 0 Å². The predicted octanol–water partition coefficient (Wildman–Crippen LogP) is 2.63. The summed E-state index contributed by atoms with van der Waals surface area (Å²) in [4.78, 5) is 27.4. The maximum atomic E-state index is 12.5. The molecule has 0 aliphatic carbocycles. The van der Waals surface area contributed by atoms with E-state index in [4.69, 9.17) is 14.6 Å². The lowest BCUT2D eigenvalue weighted by Gasteiger charge is -2.38. The number of alkyl halides is 3. The molecule has 2 fully saturated rings. The lowest BCUT2D eigenvalue weighted by molar-refractivity contribution is -0.192. The smallest absolute Gasteiger partial charge is 0.475 e. The van der Waals surface area contributed by atoms with E-state index < -0.39 is 12.1 Å². The van der Waals surface area contributed by atoms with Crippen LogP contribution in [0, 0.1) is 0 Å². The fraction of sp³-hybridized carbons (Fsp3) is 0.500. The van der Waals surface area contributed by atoms with Crippen molar-refractivity contribution in [2.45, 2.75) is 37.0 Å². The molecule has 2 saturated heterocycles. The van der Waals surface area contributed by atoms with E-state index in [1.807, 2.05) is 28.9 Å². The van der Waals surface area contributed by atoms with E-state index in [1.54, 1.807) is 18.5 Å². The van der Waals surface area contributed by atoms with E-state index in [9.17, 15) is 18.0 Å². The zero-order valence-electron chi connectivity index (χ0n) is 16.9. The highest BCUT2D eigenvalue weighted by molar-refractivity contribution is 5.93. The fourth-order valence-electron chi connectivity index (χ4n) is 3.85. The van der Waals surface area contributed by atoms with E-state index in [-0.39, 0.29) is 11.5 Å². The molecule has 4 rings (SSSR count). The van der Waals surface area contributed by atoms with Crippen molar-refractivity contribution in [3.8, 4) is 0 Å². The summed E-state index contributed by atoms with van der Waals surface area (Å²) >= 11 is 0. The topological polar surface area (TPSA) is 97.5 Å². The van der Waals surface area contributed by atoms with Crippen molar-refractivity contribution < 1.29 is 32.6 Å². The van der Waals surface area contributed by atoms with Gasteiger partial charge in [0.2, 0.25) is 0 Å². The number of aromatic nitrogens is 3. The van der Waals surface area contributed by atoms with Gasteiger partial charge < -0.3 is 14.7 Å². The molecule has 4 heterocycles. The molecule has 1 atom stereocenters. The van der Waals surface area contributed by atoms with Gasteiger partial charge in [-0.05, 0) is 37.0 Å². The van der Waals surface area contributed by atoms with E-state index in [0.29, 0.717) is 11.5 Å². The largest absolute Gasteiger partial charge is 0.490 e. The fourth-order valence-corrected chi connectivity index (χ4v) is 3.85. The van der Waals surface area contributed by atoms with Gasteiger partial charge >= 0.3 is 12.1 Å². The minimum absolute atomic E-state index is 0.0692. The Morgan fingerprint density at radius 2 is 1.94 bits per heavy atom. The number of hydrogen-bond donors (Lipinski definition) is 1. The average Bonchev–Trinajstić information content (AvgIpc) is 3.35. The number of carbonyl (C=O) groups is 2. The number of rotatable bonds is 2. The van der Waals surface area contributed by atoms with Crippen molar-refractivity contribution in [3.05, 3.63) is 48.0 Å². The number of amides is 1. The number of pyridine rings is 1. The van der Waals surface area contributed by atoms with Gasteiger partial charge in [0.15, 0.2) is 0 Å². The SMILES string of the molecule is Cn1cc(C2COC3(CCN(C(=O)c4cccnc4)CC3)C2)cn1.O=C(O)C(F)(F)F. The number of piperidine rings is 1. The van der Waals surface area contributed by atoms with Crippen molar-refractivity contribution in [1.29, 1.82) is 0 Å². The van der Waals surface area contributed by atoms with Crippen LogP contribution in [0.15, 0.2) is 36.9 Å². The first-order valence-corrected chi connectivity index (χ1v) is 9.71. The van der Waals surface area contributed by atoms with Gasteiger partial charge in [-0.2, -0.15) is 18.3 Å². The average molecular weight is 440 g/mol. The molecule has 1 amide bonds. The van der Waals surface area contributed by atoms with Crippen LogP contribution in [0.5, 0.6) is 0 Å². The van der Waals surface area contributed by atoms with Crippen LogP contribution in [0.1, 0.15) is 41.1 Å². The van der Waals surface area contributed by atoms with Crippen LogP contribution in [-0.4, -0.2) is 68.1 Å². The van der Waals surface area contributed by atoms with Gasteiger partial charge in [0.25, 0.3) is 5.91 Å². The number of aryl methyl sites for hydroxylation is 1. The molecule has 0 aromatic carbocycles. The van der Waals surface area contributed by atoms with Gasteiger partial charge in [0.05, 0.1) is 24.0 Å². The second kappa shape index (κ2) is 9.04. The number of carboxylic acids is 1. The van der Waals surface area contributed by atoms with Crippen molar-refractivity contribution >= 4 is 11.9 Å². The monoisotopic (exact) mass is 440 g/mol. The van der Waals surface area contributed by atoms with Gasteiger partial charge in [-0.1, -0.05) is 0 Å². The van der Waals surface area contributed by atoms with Crippen LogP contribution >= 0.6 is 0 Å². The Hall–Kier alpha value is -2.95. The molecule has 2 aromatic heterocycles. The van der Waals surface area contributed by atoms with Crippen LogP contribution in [-0.2, 0) is 16.6 Å². The molecule has 0 radical (unpaired) electrons. The predicted molar refractivity (Wildman–Crippen MR) is 102 cm³/mol. The highest BCUT2D eigenvalue weighted by atomic mass is 19.4. The van der Waals surface area contributed by atoms with Crippen molar-refractivity contribution in [3.63, 3.8) is 0 Å². The first kappa shape index (κ1) is 22.7. The number of likely N-dealkylation sites (tertiary alicyclic amines) is 1. The van der Waals surface area contributed by atoms with Crippen molar-refractivity contribution in [2.24, 2.45) is 7.05 Å². The third-order valence-electron chi connectivity index (χ3n) is 5.52. The van der Waals surface area contributed by atoms with Crippen LogP contribution in [0.2, 0.25) is 0 Å². The summed E-state index contributed by atoms with van der Waals surface area (Å²) < 4.78 is 39.8. The number of carboxylic acid groups (broad SMARTS) is 1. The Morgan fingerprint density at radius 3 is 2.45 bits per heavy atom. The molecule has 31 heavy (non-hydrogen) atoms. The van der Waals surface area contributed by atoms with Crippen molar-refractivity contribution in [2.75, 3.05) is 19.7 Å². The lowest BCUT2D eigenvalue weighted by atomic mass is 9.84. The Labute approximate surface area is 176 Å². The van der Waals surface area contributed by atoms with Gasteiger partial charge in [-0.25, -0.2) is 4.79 Å². The first-order valence-electron chi connectivity index (χ1n) is 9.71. The molecular formula is C20H23F3N4O4. The van der Waals surface area contributed by atoms with Gasteiger partial charge in [0, 0.05) is 44.6 Å². The Morgan fingerprint density at radius 1 is 1.26 bits per heavy atom. The second-order valence-electron chi connectivity index (χ2n) is 7.68. The van der Waals surface area contributed by atoms with E-state index >= 15 is 0 Å². The highest BCUT2D eigenvalue weighted by Crippen LogP contribution is 2.42. The number of carbonyl (C=O) groups excluding carboxylic acids is 1. The first-order chi connectivity index (χ1) is 14.6. The normalized spacial score (nSPS) is 20.3. The summed E-state index contributed by atoms with van der Waals surface area (Å²) in [5.74, 6) is -2.27. The van der Waals surface area contributed by atoms with E-state index in [0.717, 1.165) is 39.0 Å². The zero-order valence-corrected chi connectivity index (χ0v) is 16.9. The molecular weight excluding hydrogens is 417 g/mol. The minimum Gasteiger partial charge on any atom is -0.475 e. The Kier molecular flexibility index (Phi) is 6.63. The molecule has 2 aromatic rings. The Bertz CT molecular complexity index is 909. The molecule has 8 nitrogen and oxygen atoms in total. The summed E-state index contributed by atoms with van der Waals surface area (Å²) in [7, 11) is 1.94. The third kappa shape index (κ3) is 5.60. The van der Waals surface area contributed by atoms with Crippen LogP contribution in [0.4, 0.5) is 13.2 Å². The molecule has 1 N–H and O–H groups in total. The summed E-state index contributed by atoms with van der Waals surface area (Å²) in [6.07, 6.45) is 5.07. The summed E-state index contributed by atoms with van der Waals surface area (Å²) in [5, 5.41) is 11.4. The number of nitrogens with zero attached hydrogens (tertiary/aromatic N) is 4. The van der Waals surface area contributed by atoms with Gasteiger partial charge in [-0.3, -0.25) is 14.5 Å². The zero-order chi connectivity index (χ0) is 22.6. The third-order valence-corrected chi connectivity index (χ3v) is 5.52. The molecule has 0 bridgehead atoms. The van der Waals surface area contributed by atoms with Gasteiger partial charge in [-0.15, -0.1) is 0 Å². The molecule has 11 heteroatoms. The summed E-state index contributed by atoms with van der Waals surface area (Å²) in [5.41, 5.74) is 1.84. The molecule has 168 valence electrons. The molecule has 0 saturated carbocycles. The maximum Gasteiger partial charge on any atom is 0.490 e. The van der Waals surface area contributed by atoms with E-state index in [2.05, 4.69) is 16.3 Å². The summed E-state index contributed by atoms with van der Waals surface area (Å²) in [6.45, 7) is 2.24. The highest BCUT2D eigenvalue weighted by Gasteiger charge is 2.44. The lowest BCUT2D eigenvalue weighted by Crippen LogP contribution is -2.46. The number of ether oxygens (including phenoxy) is 1. The van der Waals surface area contributed by atoms with Crippen molar-refractivity contribution in [1.82, 2.24) is 19.7 Å². The Balaban J connectivity index is 0.000000339. The number of aliphatic carboxylic acids is 1. The van der Waals surface area contributed by atoms with Gasteiger partial charge in [0.1, 0.15) is 0 Å². The quantitative estimate of drug-likeness (QED) is 0.771. The standard InChI is InChI=1S/C18H22N4O2.C2HF3O2/c1-21-12-16(11-20-21)15-9-18(24-13-15)4-7-22(8-5-18)17(23)14-3-2-6-19-10-14;3-2(4,5)1(6)7/h2-3,6,10-12,15H,4-5,7-9,13H2,1H3;(H,6,7). The molecule has 1 spiro atoms. The number of hydrogen-bond acceptors (Lipinski definition) is 5. The molecule has 2 aliphatic rings. The second-order valence-corrected chi connectivity index (χ2v) is 7.68. The van der Waals surface area contributed by atoms with E-state index in [1.165, 1.54) is 5.56 Å². The van der Waals surface area contributed by atoms with Crippen LogP contribution < -0.4 is 0 Å². The minimum atomic E-state index is -5.08. The number of halogens is 3.